The van der Waals surface area contributed by atoms with Crippen LogP contribution in [0.4, 0.5) is 0 Å². The number of aromatic hydroxyl groups is 2. The Morgan fingerprint density at radius 2 is 1.75 bits per heavy atom. The number of carbonyl (C=O) groups is 1. The monoisotopic (exact) mass is 280 g/mol. The minimum absolute atomic E-state index is 0.0438. The number of ether oxygens (including phenoxy) is 1. The van der Waals surface area contributed by atoms with Crippen molar-refractivity contribution < 1.29 is 24.9 Å². The SMILES string of the molecule is Cc1c(O)c(C(=O)O)c(O)c2c1[C@@H](C)[C@H](C)OC2(C)C. The highest BCUT2D eigenvalue weighted by Gasteiger charge is 2.42. The zero-order chi connectivity index (χ0) is 15.4. The van der Waals surface area contributed by atoms with Crippen molar-refractivity contribution >= 4 is 5.97 Å². The molecule has 0 unspecified atom stereocenters. The summed E-state index contributed by atoms with van der Waals surface area (Å²) in [5.74, 6) is -2.17. The molecule has 1 aliphatic heterocycles. The highest BCUT2D eigenvalue weighted by molar-refractivity contribution is 5.95. The zero-order valence-electron chi connectivity index (χ0n) is 12.3. The van der Waals surface area contributed by atoms with Crippen LogP contribution >= 0.6 is 0 Å². The first-order chi connectivity index (χ1) is 9.09. The molecule has 0 spiro atoms. The maximum Gasteiger partial charge on any atom is 0.343 e. The molecule has 1 aromatic carbocycles. The van der Waals surface area contributed by atoms with E-state index in [4.69, 9.17) is 4.74 Å². The Hall–Kier alpha value is -1.75. The molecule has 0 bridgehead atoms. The van der Waals surface area contributed by atoms with Crippen molar-refractivity contribution in [2.75, 3.05) is 0 Å². The normalized spacial score (nSPS) is 24.2. The van der Waals surface area contributed by atoms with Gasteiger partial charge in [0.2, 0.25) is 0 Å². The first kappa shape index (κ1) is 14.7. The summed E-state index contributed by atoms with van der Waals surface area (Å²) in [5, 5.41) is 29.6. The average Bonchev–Trinajstić information content (AvgIpc) is 2.29. The third-order valence-electron chi connectivity index (χ3n) is 4.19. The van der Waals surface area contributed by atoms with Gasteiger partial charge in [-0.3, -0.25) is 0 Å². The van der Waals surface area contributed by atoms with Gasteiger partial charge in [0.05, 0.1) is 11.7 Å². The summed E-state index contributed by atoms with van der Waals surface area (Å²) in [6.07, 6.45) is -0.0920. The third kappa shape index (κ3) is 1.85. The highest BCUT2D eigenvalue weighted by atomic mass is 16.5. The molecule has 2 atom stereocenters. The topological polar surface area (TPSA) is 87.0 Å². The standard InChI is InChI=1S/C15H20O5/c1-6-8(3)20-15(4,5)11-9(6)7(2)12(16)10(13(11)17)14(18)19/h6,8,16-17H,1-5H3,(H,18,19)/t6-,8-/m0/s1. The lowest BCUT2D eigenvalue weighted by atomic mass is 9.77. The Labute approximate surface area is 117 Å². The van der Waals surface area contributed by atoms with E-state index in [1.54, 1.807) is 20.8 Å². The van der Waals surface area contributed by atoms with Crippen LogP contribution in [-0.2, 0) is 10.3 Å². The van der Waals surface area contributed by atoms with E-state index in [0.29, 0.717) is 11.1 Å². The molecule has 5 heteroatoms. The first-order valence-corrected chi connectivity index (χ1v) is 6.59. The van der Waals surface area contributed by atoms with Crippen LogP contribution in [0.1, 0.15) is 60.7 Å². The van der Waals surface area contributed by atoms with Gasteiger partial charge >= 0.3 is 5.97 Å². The summed E-state index contributed by atoms with van der Waals surface area (Å²) in [6.45, 7) is 9.11. The third-order valence-corrected chi connectivity index (χ3v) is 4.19. The number of aromatic carboxylic acids is 1. The molecule has 2 rings (SSSR count). The van der Waals surface area contributed by atoms with Crippen molar-refractivity contribution in [3.05, 3.63) is 22.3 Å². The maximum absolute atomic E-state index is 11.3. The number of rotatable bonds is 1. The predicted octanol–water partition coefficient (Wildman–Crippen LogP) is 2.86. The average molecular weight is 280 g/mol. The number of hydrogen-bond acceptors (Lipinski definition) is 4. The number of carboxylic acids is 1. The summed E-state index contributed by atoms with van der Waals surface area (Å²) in [6, 6.07) is 0. The molecular weight excluding hydrogens is 260 g/mol. The minimum atomic E-state index is -1.35. The molecule has 1 aromatic rings. The van der Waals surface area contributed by atoms with Crippen LogP contribution in [0.25, 0.3) is 0 Å². The van der Waals surface area contributed by atoms with Crippen LogP contribution < -0.4 is 0 Å². The zero-order valence-corrected chi connectivity index (χ0v) is 12.3. The van der Waals surface area contributed by atoms with Crippen molar-refractivity contribution in [2.45, 2.75) is 52.2 Å². The van der Waals surface area contributed by atoms with Crippen LogP contribution in [0.15, 0.2) is 0 Å². The first-order valence-electron chi connectivity index (χ1n) is 6.59. The van der Waals surface area contributed by atoms with Gasteiger partial charge in [0.15, 0.2) is 0 Å². The summed E-state index contributed by atoms with van der Waals surface area (Å²) in [7, 11) is 0. The van der Waals surface area contributed by atoms with E-state index in [1.165, 1.54) is 0 Å². The number of benzene rings is 1. The second-order valence-corrected chi connectivity index (χ2v) is 5.91. The van der Waals surface area contributed by atoms with Crippen molar-refractivity contribution in [3.63, 3.8) is 0 Å². The van der Waals surface area contributed by atoms with Crippen molar-refractivity contribution in [1.82, 2.24) is 0 Å². The fraction of sp³-hybridized carbons (Fsp3) is 0.533. The molecule has 0 aliphatic carbocycles. The Morgan fingerprint density at radius 3 is 2.25 bits per heavy atom. The minimum Gasteiger partial charge on any atom is -0.507 e. The summed E-state index contributed by atoms with van der Waals surface area (Å²) >= 11 is 0. The van der Waals surface area contributed by atoms with Gasteiger partial charge < -0.3 is 20.1 Å². The lowest BCUT2D eigenvalue weighted by Crippen LogP contribution is -2.37. The molecule has 0 saturated heterocycles. The second-order valence-electron chi connectivity index (χ2n) is 5.91. The summed E-state index contributed by atoms with van der Waals surface area (Å²) in [4.78, 5) is 11.3. The molecule has 1 heterocycles. The van der Waals surface area contributed by atoms with Gasteiger partial charge in [-0.05, 0) is 38.8 Å². The molecule has 0 aromatic heterocycles. The second kappa shape index (κ2) is 4.38. The molecule has 0 saturated carbocycles. The number of hydrogen-bond donors (Lipinski definition) is 3. The number of phenols is 2. The number of carboxylic acid groups (broad SMARTS) is 1. The van der Waals surface area contributed by atoms with Crippen LogP contribution in [0.5, 0.6) is 11.5 Å². The van der Waals surface area contributed by atoms with Gasteiger partial charge in [-0.1, -0.05) is 6.92 Å². The van der Waals surface area contributed by atoms with Gasteiger partial charge in [0.25, 0.3) is 0 Å². The molecule has 0 amide bonds. The van der Waals surface area contributed by atoms with Gasteiger partial charge in [-0.25, -0.2) is 4.79 Å². The van der Waals surface area contributed by atoms with E-state index < -0.39 is 22.9 Å². The van der Waals surface area contributed by atoms with E-state index in [-0.39, 0.29) is 17.8 Å². The summed E-state index contributed by atoms with van der Waals surface area (Å²) < 4.78 is 5.89. The van der Waals surface area contributed by atoms with E-state index in [1.807, 2.05) is 13.8 Å². The number of fused-ring (bicyclic) bond motifs is 1. The molecule has 3 N–H and O–H groups in total. The van der Waals surface area contributed by atoms with Crippen LogP contribution in [0, 0.1) is 6.92 Å². The van der Waals surface area contributed by atoms with Crippen molar-refractivity contribution in [2.24, 2.45) is 0 Å². The van der Waals surface area contributed by atoms with Crippen LogP contribution in [-0.4, -0.2) is 27.4 Å². The Morgan fingerprint density at radius 1 is 1.20 bits per heavy atom. The van der Waals surface area contributed by atoms with E-state index >= 15 is 0 Å². The van der Waals surface area contributed by atoms with Crippen LogP contribution in [0.3, 0.4) is 0 Å². The fourth-order valence-electron chi connectivity index (χ4n) is 3.11. The maximum atomic E-state index is 11.3. The largest absolute Gasteiger partial charge is 0.507 e. The van der Waals surface area contributed by atoms with Gasteiger partial charge in [-0.2, -0.15) is 0 Å². The Balaban J connectivity index is 2.91. The van der Waals surface area contributed by atoms with Crippen molar-refractivity contribution in [3.8, 4) is 11.5 Å². The molecular formula is C15H20O5. The quantitative estimate of drug-likeness (QED) is 0.736. The van der Waals surface area contributed by atoms with Crippen LogP contribution in [0.2, 0.25) is 0 Å². The van der Waals surface area contributed by atoms with E-state index in [9.17, 15) is 20.1 Å². The van der Waals surface area contributed by atoms with Crippen molar-refractivity contribution in [1.29, 1.82) is 0 Å². The lowest BCUT2D eigenvalue weighted by Gasteiger charge is -2.42. The van der Waals surface area contributed by atoms with Gasteiger partial charge in [0.1, 0.15) is 17.1 Å². The molecule has 0 radical (unpaired) electrons. The van der Waals surface area contributed by atoms with E-state index in [2.05, 4.69) is 0 Å². The molecule has 0 fully saturated rings. The highest BCUT2D eigenvalue weighted by Crippen LogP contribution is 2.50. The molecule has 20 heavy (non-hydrogen) atoms. The molecule has 1 aliphatic rings. The van der Waals surface area contributed by atoms with Gasteiger partial charge in [-0.15, -0.1) is 0 Å². The summed E-state index contributed by atoms with van der Waals surface area (Å²) in [5.41, 5.74) is 0.448. The Bertz CT molecular complexity index is 589. The Kier molecular flexibility index (Phi) is 3.21. The molecule has 110 valence electrons. The molecule has 5 nitrogen and oxygen atoms in total. The fourth-order valence-corrected chi connectivity index (χ4v) is 3.11. The smallest absolute Gasteiger partial charge is 0.343 e. The van der Waals surface area contributed by atoms with E-state index in [0.717, 1.165) is 5.56 Å². The predicted molar refractivity (Wildman–Crippen MR) is 73.5 cm³/mol. The lowest BCUT2D eigenvalue weighted by molar-refractivity contribution is -0.0914. The van der Waals surface area contributed by atoms with Gasteiger partial charge in [0, 0.05) is 11.5 Å².